The van der Waals surface area contributed by atoms with Crippen LogP contribution in [0, 0.1) is 0 Å². The number of aromatic nitrogens is 1. The van der Waals surface area contributed by atoms with E-state index in [1.54, 1.807) is 16.2 Å². The molecule has 1 unspecified atom stereocenters. The minimum absolute atomic E-state index is 0.0391. The summed E-state index contributed by atoms with van der Waals surface area (Å²) in [5.41, 5.74) is 4.35. The number of ether oxygens (including phenoxy) is 1. The number of nitrogens with one attached hydrogen (secondary N) is 1. The van der Waals surface area contributed by atoms with Crippen molar-refractivity contribution in [3.8, 4) is 0 Å². The van der Waals surface area contributed by atoms with Crippen LogP contribution in [0.1, 0.15) is 50.2 Å². The largest absolute Gasteiger partial charge is 0.444 e. The Hall–Kier alpha value is -1.12. The van der Waals surface area contributed by atoms with Crippen molar-refractivity contribution in [3.05, 3.63) is 22.2 Å². The van der Waals surface area contributed by atoms with Gasteiger partial charge in [-0.25, -0.2) is 9.78 Å². The van der Waals surface area contributed by atoms with Crippen molar-refractivity contribution in [1.29, 1.82) is 0 Å². The van der Waals surface area contributed by atoms with E-state index in [0.717, 1.165) is 34.6 Å². The Morgan fingerprint density at radius 1 is 1.48 bits per heavy atom. The predicted molar refractivity (Wildman–Crippen MR) is 102 cm³/mol. The molecule has 0 aromatic carbocycles. The van der Waals surface area contributed by atoms with E-state index in [2.05, 4.69) is 26.8 Å². The van der Waals surface area contributed by atoms with E-state index >= 15 is 0 Å². The molecule has 0 spiro atoms. The van der Waals surface area contributed by atoms with Crippen LogP contribution < -0.4 is 5.48 Å². The average molecular weight is 430 g/mol. The second-order valence-corrected chi connectivity index (χ2v) is 8.84. The fraction of sp³-hybridized carbons (Fsp3) is 0.647. The van der Waals surface area contributed by atoms with E-state index in [1.807, 2.05) is 26.8 Å². The van der Waals surface area contributed by atoms with E-state index < -0.39 is 5.60 Å². The fourth-order valence-corrected chi connectivity index (χ4v) is 4.15. The normalized spacial score (nSPS) is 21.8. The zero-order valence-corrected chi connectivity index (χ0v) is 17.2. The molecule has 0 bridgehead atoms. The number of piperidine rings is 1. The quantitative estimate of drug-likeness (QED) is 0.738. The number of carbonyl (C=O) groups is 1. The van der Waals surface area contributed by atoms with Crippen LogP contribution in [0.25, 0.3) is 5.70 Å². The topological polar surface area (TPSA) is 63.7 Å². The van der Waals surface area contributed by atoms with Crippen molar-refractivity contribution in [2.75, 3.05) is 18.4 Å². The third-order valence-corrected chi connectivity index (χ3v) is 5.76. The van der Waals surface area contributed by atoms with E-state index in [0.29, 0.717) is 19.0 Å². The van der Waals surface area contributed by atoms with Crippen LogP contribution in [0.15, 0.2) is 11.5 Å². The summed E-state index contributed by atoms with van der Waals surface area (Å²) in [5, 5.41) is 3.95. The van der Waals surface area contributed by atoms with Crippen molar-refractivity contribution in [2.45, 2.75) is 51.2 Å². The lowest BCUT2D eigenvalue weighted by molar-refractivity contribution is 0.0204. The van der Waals surface area contributed by atoms with Crippen LogP contribution in [0.4, 0.5) is 4.79 Å². The first-order valence-electron chi connectivity index (χ1n) is 8.49. The van der Waals surface area contributed by atoms with Gasteiger partial charge in [0.1, 0.15) is 11.7 Å². The third kappa shape index (κ3) is 4.74. The summed E-state index contributed by atoms with van der Waals surface area (Å²) < 4.78 is 5.45. The molecule has 0 radical (unpaired) electrons. The number of carbonyl (C=O) groups excluding carboxylic acids is 1. The molecule has 3 heterocycles. The Labute approximate surface area is 160 Å². The summed E-state index contributed by atoms with van der Waals surface area (Å²) in [5.74, 6) is 0.396. The molecule has 2 aliphatic rings. The molecule has 1 aromatic rings. The van der Waals surface area contributed by atoms with Crippen LogP contribution in [-0.2, 0) is 9.57 Å². The van der Waals surface area contributed by atoms with Crippen LogP contribution in [0.3, 0.4) is 0 Å². The van der Waals surface area contributed by atoms with Gasteiger partial charge >= 0.3 is 6.09 Å². The minimum Gasteiger partial charge on any atom is -0.444 e. The third-order valence-electron chi connectivity index (χ3n) is 4.12. The van der Waals surface area contributed by atoms with Gasteiger partial charge in [-0.1, -0.05) is 15.9 Å². The second kappa shape index (κ2) is 7.63. The van der Waals surface area contributed by atoms with Gasteiger partial charge in [-0.3, -0.25) is 10.3 Å². The number of rotatable bonds is 3. The Morgan fingerprint density at radius 3 is 2.80 bits per heavy atom. The number of likely N-dealkylation sites (tertiary alicyclic amines) is 1. The molecule has 1 saturated heterocycles. The average Bonchev–Trinajstić information content (AvgIpc) is 3.22. The van der Waals surface area contributed by atoms with Gasteiger partial charge in [-0.2, -0.15) is 0 Å². The van der Waals surface area contributed by atoms with Gasteiger partial charge in [0, 0.05) is 29.7 Å². The smallest absolute Gasteiger partial charge is 0.410 e. The van der Waals surface area contributed by atoms with Gasteiger partial charge in [-0.15, -0.1) is 11.3 Å². The number of alkyl halides is 1. The lowest BCUT2D eigenvalue weighted by Gasteiger charge is -2.32. The fourth-order valence-electron chi connectivity index (χ4n) is 2.84. The first kappa shape index (κ1) is 18.7. The molecule has 2 aliphatic heterocycles. The van der Waals surface area contributed by atoms with Crippen molar-refractivity contribution >= 4 is 39.1 Å². The molecular weight excluding hydrogens is 406 g/mol. The standard InChI is InChI=1S/C17H24BrN3O3S/c1-17(2,3)23-16(22)21-6-4-11(5-7-21)15-19-14(10-25-15)13-8-12(9-18)24-20-13/h8,10-12,20H,4-7,9H2,1-3H3. The Bertz CT molecular complexity index is 648. The van der Waals surface area contributed by atoms with Gasteiger partial charge in [0.15, 0.2) is 0 Å². The SMILES string of the molecule is CC(C)(C)OC(=O)N1CCC(c2nc(C3=CC(CBr)ON3)cs2)CC1. The van der Waals surface area contributed by atoms with E-state index in [-0.39, 0.29) is 12.2 Å². The Balaban J connectivity index is 1.56. The maximum atomic E-state index is 12.2. The van der Waals surface area contributed by atoms with E-state index in [1.165, 1.54) is 0 Å². The molecule has 3 rings (SSSR count). The van der Waals surface area contributed by atoms with Gasteiger partial charge in [0.25, 0.3) is 0 Å². The minimum atomic E-state index is -0.449. The summed E-state index contributed by atoms with van der Waals surface area (Å²) in [6, 6.07) is 0. The molecule has 0 aliphatic carbocycles. The number of nitrogens with zero attached hydrogens (tertiary/aromatic N) is 2. The number of halogens is 1. The van der Waals surface area contributed by atoms with Gasteiger partial charge in [0.2, 0.25) is 0 Å². The summed E-state index contributed by atoms with van der Waals surface area (Å²) in [6.07, 6.45) is 3.69. The molecule has 1 atom stereocenters. The molecule has 1 amide bonds. The van der Waals surface area contributed by atoms with E-state index in [9.17, 15) is 4.79 Å². The Kier molecular flexibility index (Phi) is 5.70. The molecule has 1 fully saturated rings. The number of hydrogen-bond acceptors (Lipinski definition) is 6. The highest BCUT2D eigenvalue weighted by atomic mass is 79.9. The maximum Gasteiger partial charge on any atom is 0.410 e. The summed E-state index contributed by atoms with van der Waals surface area (Å²) in [4.78, 5) is 24.1. The van der Waals surface area contributed by atoms with Crippen molar-refractivity contribution < 1.29 is 14.4 Å². The molecule has 138 valence electrons. The van der Waals surface area contributed by atoms with Crippen molar-refractivity contribution in [2.24, 2.45) is 0 Å². The van der Waals surface area contributed by atoms with Gasteiger partial charge in [0.05, 0.1) is 16.4 Å². The van der Waals surface area contributed by atoms with Crippen LogP contribution in [0.5, 0.6) is 0 Å². The van der Waals surface area contributed by atoms with Crippen molar-refractivity contribution in [3.63, 3.8) is 0 Å². The summed E-state index contributed by atoms with van der Waals surface area (Å²) >= 11 is 5.09. The zero-order chi connectivity index (χ0) is 18.0. The molecule has 1 N–H and O–H groups in total. The first-order valence-corrected chi connectivity index (χ1v) is 10.5. The molecule has 1 aromatic heterocycles. The van der Waals surface area contributed by atoms with Crippen LogP contribution in [0.2, 0.25) is 0 Å². The molecular formula is C17H24BrN3O3S. The van der Waals surface area contributed by atoms with Crippen molar-refractivity contribution in [1.82, 2.24) is 15.4 Å². The van der Waals surface area contributed by atoms with Gasteiger partial charge < -0.3 is 9.64 Å². The van der Waals surface area contributed by atoms with E-state index in [4.69, 9.17) is 14.6 Å². The van der Waals surface area contributed by atoms with Crippen LogP contribution in [-0.4, -0.2) is 46.1 Å². The highest BCUT2D eigenvalue weighted by Gasteiger charge is 2.29. The van der Waals surface area contributed by atoms with Crippen LogP contribution >= 0.6 is 27.3 Å². The first-order chi connectivity index (χ1) is 11.9. The molecule has 0 saturated carbocycles. The molecule has 6 nitrogen and oxygen atoms in total. The number of thiazole rings is 1. The zero-order valence-electron chi connectivity index (χ0n) is 14.8. The molecule has 25 heavy (non-hydrogen) atoms. The summed E-state index contributed by atoms with van der Waals surface area (Å²) in [6.45, 7) is 7.10. The number of amides is 1. The summed E-state index contributed by atoms with van der Waals surface area (Å²) in [7, 11) is 0. The lowest BCUT2D eigenvalue weighted by atomic mass is 9.98. The second-order valence-electron chi connectivity index (χ2n) is 7.31. The highest BCUT2D eigenvalue weighted by Crippen LogP contribution is 2.32. The Morgan fingerprint density at radius 2 is 2.20 bits per heavy atom. The van der Waals surface area contributed by atoms with Gasteiger partial charge in [-0.05, 0) is 39.7 Å². The predicted octanol–water partition coefficient (Wildman–Crippen LogP) is 3.90. The number of hydrogen-bond donors (Lipinski definition) is 1. The highest BCUT2D eigenvalue weighted by molar-refractivity contribution is 9.09. The monoisotopic (exact) mass is 429 g/mol. The number of hydroxylamine groups is 1. The maximum absolute atomic E-state index is 12.2. The lowest BCUT2D eigenvalue weighted by Crippen LogP contribution is -2.41. The molecule has 8 heteroatoms.